The summed E-state index contributed by atoms with van der Waals surface area (Å²) in [5, 5.41) is 18.8. The lowest BCUT2D eigenvalue weighted by atomic mass is 9.88. The Labute approximate surface area is 351 Å². The van der Waals surface area contributed by atoms with E-state index in [0.717, 1.165) is 34.6 Å². The molecule has 0 aliphatic carbocycles. The third-order valence-electron chi connectivity index (χ3n) is 7.82. The van der Waals surface area contributed by atoms with Crippen molar-refractivity contribution in [2.75, 3.05) is 0 Å². The molecular weight excluding hydrogens is 713 g/mol. The number of thiazole rings is 1. The molecule has 4 aromatic heterocycles. The average Bonchev–Trinajstić information content (AvgIpc) is 3.72. The van der Waals surface area contributed by atoms with Gasteiger partial charge in [0.25, 0.3) is 0 Å². The maximum atomic E-state index is 5.31. The number of rotatable bonds is 0. The van der Waals surface area contributed by atoms with Gasteiger partial charge in [0, 0.05) is 60.8 Å². The quantitative estimate of drug-likeness (QED) is 0.189. The van der Waals surface area contributed by atoms with Crippen molar-refractivity contribution in [2.24, 2.45) is 0 Å². The Bertz CT molecular complexity index is 1280. The molecule has 4 heterocycles. The maximum absolute atomic E-state index is 5.31. The molecule has 0 fully saturated rings. The van der Waals surface area contributed by atoms with Gasteiger partial charge in [-0.15, -0.1) is 11.3 Å². The van der Waals surface area contributed by atoms with Crippen molar-refractivity contribution in [1.82, 2.24) is 30.5 Å². The van der Waals surface area contributed by atoms with Crippen LogP contribution in [0.1, 0.15) is 241 Å². The fourth-order valence-electron chi connectivity index (χ4n) is 3.86. The van der Waals surface area contributed by atoms with Crippen LogP contribution >= 0.6 is 11.3 Å². The summed E-state index contributed by atoms with van der Waals surface area (Å²) in [6.45, 7) is 51.5. The summed E-state index contributed by atoms with van der Waals surface area (Å²) in [7, 11) is 0. The van der Waals surface area contributed by atoms with Crippen molar-refractivity contribution in [2.45, 2.75) is 239 Å². The maximum Gasteiger partial charge on any atom is 0.156 e. The van der Waals surface area contributed by atoms with Crippen molar-refractivity contribution in [3.63, 3.8) is 0 Å². The molecule has 0 saturated carbocycles. The summed E-state index contributed by atoms with van der Waals surface area (Å²) in [5.74, 6) is 3.75. The lowest BCUT2D eigenvalue weighted by Gasteiger charge is -2.17. The van der Waals surface area contributed by atoms with E-state index in [-0.39, 0.29) is 73.0 Å². The number of hydrogen-bond acceptors (Lipinski definition) is 8. The minimum atomic E-state index is 0. The highest BCUT2D eigenvalue weighted by Gasteiger charge is 2.27. The van der Waals surface area contributed by atoms with Crippen LogP contribution in [0.15, 0.2) is 26.6 Å². The SMILES string of the molecule is C.C.C.C.CC(C)(C)c1cc(C(C)(C)C)on1.CC(C)(C)c1cc(C(C)(C)C)on1.CC(C)(C)c1csc(C(C)(C)C)n1.CC(C)(C)c1n[nH]c(C(C)(C)C)n1. The number of hydrogen-bond donors (Lipinski definition) is 1. The van der Waals surface area contributed by atoms with Crippen LogP contribution in [0.5, 0.6) is 0 Å². The molecule has 0 aromatic carbocycles. The Morgan fingerprint density at radius 1 is 0.429 bits per heavy atom. The molecule has 0 aliphatic rings. The van der Waals surface area contributed by atoms with Gasteiger partial charge < -0.3 is 9.05 Å². The molecule has 1 N–H and O–H groups in total. The molecular formula is C47H92N6O2S. The summed E-state index contributed by atoms with van der Waals surface area (Å²) < 4.78 is 10.6. The second-order valence-corrected chi connectivity index (χ2v) is 23.1. The van der Waals surface area contributed by atoms with Crippen LogP contribution in [-0.4, -0.2) is 30.5 Å². The third-order valence-corrected chi connectivity index (χ3v) is 9.08. The van der Waals surface area contributed by atoms with E-state index >= 15 is 0 Å². The Hall–Kier alpha value is -2.81. The summed E-state index contributed by atoms with van der Waals surface area (Å²) in [4.78, 5) is 9.16. The number of H-pyrrole nitrogens is 1. The van der Waals surface area contributed by atoms with Crippen molar-refractivity contribution in [1.29, 1.82) is 0 Å². The summed E-state index contributed by atoms with van der Waals surface area (Å²) in [6.07, 6.45) is 0. The smallest absolute Gasteiger partial charge is 0.156 e. The first-order valence-corrected chi connectivity index (χ1v) is 19.6. The fourth-order valence-corrected chi connectivity index (χ4v) is 4.99. The lowest BCUT2D eigenvalue weighted by molar-refractivity contribution is 0.319. The zero-order valence-corrected chi connectivity index (χ0v) is 38.5. The first-order valence-electron chi connectivity index (χ1n) is 18.7. The van der Waals surface area contributed by atoms with Gasteiger partial charge in [-0.3, -0.25) is 5.10 Å². The zero-order chi connectivity index (χ0) is 41.1. The van der Waals surface area contributed by atoms with Crippen LogP contribution in [-0.2, 0) is 43.3 Å². The summed E-state index contributed by atoms with van der Waals surface area (Å²) in [6, 6.07) is 4.11. The lowest BCUT2D eigenvalue weighted by Crippen LogP contribution is -2.16. The fraction of sp³-hybridized carbons (Fsp3) is 0.766. The zero-order valence-electron chi connectivity index (χ0n) is 37.7. The van der Waals surface area contributed by atoms with Crippen LogP contribution in [0, 0.1) is 0 Å². The Morgan fingerprint density at radius 2 is 0.786 bits per heavy atom. The van der Waals surface area contributed by atoms with Gasteiger partial charge in [-0.2, -0.15) is 5.10 Å². The molecule has 4 rings (SSSR count). The van der Waals surface area contributed by atoms with E-state index in [4.69, 9.17) is 9.05 Å². The number of nitrogens with one attached hydrogen (secondary N) is 1. The molecule has 8 nitrogen and oxygen atoms in total. The molecule has 0 saturated heterocycles. The van der Waals surface area contributed by atoms with Crippen LogP contribution in [0.4, 0.5) is 0 Å². The molecule has 328 valence electrons. The molecule has 0 aliphatic heterocycles. The summed E-state index contributed by atoms with van der Waals surface area (Å²) >= 11 is 1.77. The predicted octanol–water partition coefficient (Wildman–Crippen LogP) is 15.2. The molecule has 0 amide bonds. The second kappa shape index (κ2) is 20.7. The highest BCUT2D eigenvalue weighted by Crippen LogP contribution is 2.31. The van der Waals surface area contributed by atoms with Crippen molar-refractivity contribution < 1.29 is 9.05 Å². The molecule has 0 spiro atoms. The highest BCUT2D eigenvalue weighted by atomic mass is 32.1. The first kappa shape index (κ1) is 59.9. The van der Waals surface area contributed by atoms with E-state index in [2.05, 4.69) is 214 Å². The molecule has 56 heavy (non-hydrogen) atoms. The third kappa shape index (κ3) is 19.6. The first-order chi connectivity index (χ1) is 22.8. The number of aromatic nitrogens is 6. The Balaban J connectivity index is -0.000000314. The number of nitrogens with zero attached hydrogens (tertiary/aromatic N) is 5. The highest BCUT2D eigenvalue weighted by molar-refractivity contribution is 7.09. The van der Waals surface area contributed by atoms with Gasteiger partial charge in [0.15, 0.2) is 5.82 Å². The van der Waals surface area contributed by atoms with E-state index in [1.165, 1.54) is 10.7 Å². The van der Waals surface area contributed by atoms with E-state index < -0.39 is 0 Å². The molecule has 0 unspecified atom stereocenters. The van der Waals surface area contributed by atoms with Gasteiger partial charge in [-0.1, -0.05) is 206 Å². The van der Waals surface area contributed by atoms with Gasteiger partial charge in [0.05, 0.1) is 22.1 Å². The summed E-state index contributed by atoms with van der Waals surface area (Å²) in [5.41, 5.74) is 3.97. The van der Waals surface area contributed by atoms with Crippen molar-refractivity contribution >= 4 is 11.3 Å². The minimum absolute atomic E-state index is 0. The van der Waals surface area contributed by atoms with Gasteiger partial charge in [0.1, 0.15) is 17.3 Å². The topological polar surface area (TPSA) is 107 Å². The molecule has 0 bridgehead atoms. The van der Waals surface area contributed by atoms with Gasteiger partial charge in [-0.05, 0) is 0 Å². The molecule has 9 heteroatoms. The van der Waals surface area contributed by atoms with Crippen LogP contribution in [0.25, 0.3) is 0 Å². The van der Waals surface area contributed by atoms with E-state index in [9.17, 15) is 0 Å². The minimum Gasteiger partial charge on any atom is -0.361 e. The molecule has 4 aromatic rings. The van der Waals surface area contributed by atoms with Crippen molar-refractivity contribution in [3.8, 4) is 0 Å². The van der Waals surface area contributed by atoms with Gasteiger partial charge in [0.2, 0.25) is 0 Å². The Kier molecular flexibility index (Phi) is 22.2. The van der Waals surface area contributed by atoms with Crippen molar-refractivity contribution in [3.05, 3.63) is 62.8 Å². The monoisotopic (exact) mass is 805 g/mol. The van der Waals surface area contributed by atoms with E-state index in [1.54, 1.807) is 11.3 Å². The van der Waals surface area contributed by atoms with E-state index in [1.807, 2.05) is 0 Å². The second-order valence-electron chi connectivity index (χ2n) is 22.2. The average molecular weight is 805 g/mol. The van der Waals surface area contributed by atoms with Gasteiger partial charge >= 0.3 is 0 Å². The van der Waals surface area contributed by atoms with Gasteiger partial charge in [-0.25, -0.2) is 9.97 Å². The molecule has 0 atom stereocenters. The van der Waals surface area contributed by atoms with Crippen LogP contribution < -0.4 is 0 Å². The van der Waals surface area contributed by atoms with E-state index in [0.29, 0.717) is 0 Å². The Morgan fingerprint density at radius 3 is 0.946 bits per heavy atom. The van der Waals surface area contributed by atoms with Crippen LogP contribution in [0.3, 0.4) is 0 Å². The predicted molar refractivity (Wildman–Crippen MR) is 248 cm³/mol. The normalized spacial score (nSPS) is 12.4. The largest absolute Gasteiger partial charge is 0.361 e. The van der Waals surface area contributed by atoms with Crippen LogP contribution in [0.2, 0.25) is 0 Å². The number of aromatic amines is 1. The molecule has 0 radical (unpaired) electrons. The standard InChI is InChI=1S/2C11H19NO.C11H19NS.C10H19N3.4CH4/c2*1-10(2,3)8-7-9(13-12-8)11(4,5)6;1-10(2,3)8-7-13-9(12-8)11(4,5)6;1-9(2,3)7-11-8(13-12-7)10(4,5)6;;;;/h3*7H,1-6H3;1-6H3,(H,11,12,13);4*1H4.